The number of aromatic nitrogens is 2. The monoisotopic (exact) mass is 392 g/mol. The summed E-state index contributed by atoms with van der Waals surface area (Å²) in [5.41, 5.74) is 2.39. The van der Waals surface area contributed by atoms with Gasteiger partial charge in [0.1, 0.15) is 12.4 Å². The number of hydrogen-bond acceptors (Lipinski definition) is 2. The fraction of sp³-hybridized carbons (Fsp3) is 0.0952. The Balaban J connectivity index is 1.41. The van der Waals surface area contributed by atoms with E-state index in [0.717, 1.165) is 22.3 Å². The first kappa shape index (κ1) is 15.9. The van der Waals surface area contributed by atoms with E-state index in [1.165, 1.54) is 16.3 Å². The van der Waals surface area contributed by atoms with Crippen LogP contribution in [-0.4, -0.2) is 9.55 Å². The van der Waals surface area contributed by atoms with Crippen LogP contribution in [0.15, 0.2) is 83.9 Å². The first-order valence-electron chi connectivity index (χ1n) is 8.12. The molecule has 0 N–H and O–H groups in total. The van der Waals surface area contributed by atoms with Gasteiger partial charge in [0.05, 0.1) is 6.33 Å². The Hall–Kier alpha value is -2.59. The molecule has 0 aliphatic heterocycles. The first-order valence-corrected chi connectivity index (χ1v) is 8.91. The molecule has 0 spiro atoms. The van der Waals surface area contributed by atoms with Gasteiger partial charge in [-0.25, -0.2) is 4.98 Å². The third kappa shape index (κ3) is 3.91. The zero-order valence-electron chi connectivity index (χ0n) is 13.6. The van der Waals surface area contributed by atoms with Crippen molar-refractivity contribution < 1.29 is 4.74 Å². The van der Waals surface area contributed by atoms with Crippen LogP contribution < -0.4 is 4.74 Å². The van der Waals surface area contributed by atoms with Gasteiger partial charge in [-0.3, -0.25) is 0 Å². The van der Waals surface area contributed by atoms with Crippen LogP contribution in [0.1, 0.15) is 11.1 Å². The minimum Gasteiger partial charge on any atom is -0.489 e. The lowest BCUT2D eigenvalue weighted by Gasteiger charge is -2.09. The van der Waals surface area contributed by atoms with Crippen molar-refractivity contribution in [3.8, 4) is 5.75 Å². The van der Waals surface area contributed by atoms with E-state index in [2.05, 4.69) is 69.4 Å². The van der Waals surface area contributed by atoms with Gasteiger partial charge >= 0.3 is 0 Å². The average Bonchev–Trinajstić information content (AvgIpc) is 3.14. The van der Waals surface area contributed by atoms with Crippen LogP contribution >= 0.6 is 15.9 Å². The molecule has 0 aliphatic carbocycles. The summed E-state index contributed by atoms with van der Waals surface area (Å²) >= 11 is 3.51. The van der Waals surface area contributed by atoms with Gasteiger partial charge in [-0.1, -0.05) is 46.3 Å². The molecule has 1 heterocycles. The van der Waals surface area contributed by atoms with Crippen LogP contribution in [-0.2, 0) is 13.2 Å². The third-order valence-corrected chi connectivity index (χ3v) is 4.61. The Morgan fingerprint density at radius 1 is 0.880 bits per heavy atom. The van der Waals surface area contributed by atoms with Crippen molar-refractivity contribution in [1.29, 1.82) is 0 Å². The van der Waals surface area contributed by atoms with Crippen molar-refractivity contribution in [1.82, 2.24) is 9.55 Å². The second kappa shape index (κ2) is 7.11. The molecule has 3 nitrogen and oxygen atoms in total. The minimum atomic E-state index is 0.562. The van der Waals surface area contributed by atoms with Crippen LogP contribution in [0.3, 0.4) is 0 Å². The highest BCUT2D eigenvalue weighted by Gasteiger charge is 2.01. The number of nitrogens with zero attached hydrogens (tertiary/aromatic N) is 2. The van der Waals surface area contributed by atoms with Crippen molar-refractivity contribution in [2.75, 3.05) is 0 Å². The smallest absolute Gasteiger partial charge is 0.119 e. The fourth-order valence-electron chi connectivity index (χ4n) is 2.80. The summed E-state index contributed by atoms with van der Waals surface area (Å²) in [5.74, 6) is 0.880. The Morgan fingerprint density at radius 2 is 1.64 bits per heavy atom. The van der Waals surface area contributed by atoms with E-state index >= 15 is 0 Å². The molecular formula is C21H17BrN2O. The summed E-state index contributed by atoms with van der Waals surface area (Å²) in [6.45, 7) is 1.38. The Kier molecular flexibility index (Phi) is 4.53. The number of benzene rings is 3. The van der Waals surface area contributed by atoms with Gasteiger partial charge in [0.2, 0.25) is 0 Å². The third-order valence-electron chi connectivity index (χ3n) is 4.12. The van der Waals surface area contributed by atoms with Gasteiger partial charge in [0, 0.05) is 23.4 Å². The molecule has 1 aromatic heterocycles. The van der Waals surface area contributed by atoms with Crippen molar-refractivity contribution in [2.24, 2.45) is 0 Å². The predicted molar refractivity (Wildman–Crippen MR) is 104 cm³/mol. The lowest BCUT2D eigenvalue weighted by Crippen LogP contribution is -1.98. The number of halogens is 1. The highest BCUT2D eigenvalue weighted by atomic mass is 79.9. The molecule has 0 radical (unpaired) electrons. The number of ether oxygens (including phenoxy) is 1. The molecule has 0 amide bonds. The maximum atomic E-state index is 5.93. The van der Waals surface area contributed by atoms with Crippen molar-refractivity contribution in [3.63, 3.8) is 0 Å². The van der Waals surface area contributed by atoms with Gasteiger partial charge in [-0.05, 0) is 52.2 Å². The van der Waals surface area contributed by atoms with E-state index < -0.39 is 0 Å². The molecule has 0 unspecified atom stereocenters. The second-order valence-corrected chi connectivity index (χ2v) is 6.91. The van der Waals surface area contributed by atoms with E-state index in [4.69, 9.17) is 4.74 Å². The van der Waals surface area contributed by atoms with Gasteiger partial charge in [0.15, 0.2) is 0 Å². The summed E-state index contributed by atoms with van der Waals surface area (Å²) in [5, 5.41) is 2.45. The molecular weight excluding hydrogens is 376 g/mol. The maximum absolute atomic E-state index is 5.93. The molecule has 0 saturated heterocycles. The first-order chi connectivity index (χ1) is 12.3. The van der Waals surface area contributed by atoms with Gasteiger partial charge in [-0.15, -0.1) is 0 Å². The zero-order valence-corrected chi connectivity index (χ0v) is 15.2. The molecule has 0 saturated carbocycles. The normalized spacial score (nSPS) is 10.9. The zero-order chi connectivity index (χ0) is 17.1. The molecule has 0 bridgehead atoms. The topological polar surface area (TPSA) is 27.1 Å². The molecule has 4 rings (SSSR count). The van der Waals surface area contributed by atoms with Gasteiger partial charge in [-0.2, -0.15) is 0 Å². The van der Waals surface area contributed by atoms with Crippen LogP contribution in [0.5, 0.6) is 5.75 Å². The number of fused-ring (bicyclic) bond motifs is 1. The molecule has 0 atom stereocenters. The highest BCUT2D eigenvalue weighted by molar-refractivity contribution is 9.10. The van der Waals surface area contributed by atoms with Crippen LogP contribution in [0.4, 0.5) is 0 Å². The molecule has 4 aromatic rings. The summed E-state index contributed by atoms with van der Waals surface area (Å²) in [6.07, 6.45) is 5.57. The molecule has 3 aromatic carbocycles. The number of rotatable bonds is 5. The van der Waals surface area contributed by atoms with E-state index in [-0.39, 0.29) is 0 Å². The maximum Gasteiger partial charge on any atom is 0.119 e. The van der Waals surface area contributed by atoms with Crippen LogP contribution in [0.25, 0.3) is 10.8 Å². The summed E-state index contributed by atoms with van der Waals surface area (Å²) < 4.78 is 9.07. The van der Waals surface area contributed by atoms with E-state index in [9.17, 15) is 0 Å². The van der Waals surface area contributed by atoms with E-state index in [1.807, 2.05) is 29.2 Å². The average molecular weight is 393 g/mol. The number of hydrogen-bond donors (Lipinski definition) is 0. The highest BCUT2D eigenvalue weighted by Crippen LogP contribution is 2.22. The molecule has 0 fully saturated rings. The Bertz CT molecular complexity index is 979. The summed E-state index contributed by atoms with van der Waals surface area (Å²) in [6, 6.07) is 20.9. The standard InChI is InChI=1S/C21H17BrN2O/c22-20-6-5-18-11-17(1-4-19(18)12-20)14-25-21-7-2-16(3-8-21)13-24-10-9-23-15-24/h1-12,15H,13-14H2. The summed E-state index contributed by atoms with van der Waals surface area (Å²) in [7, 11) is 0. The van der Waals surface area contributed by atoms with Crippen molar-refractivity contribution in [3.05, 3.63) is 95.0 Å². The van der Waals surface area contributed by atoms with Crippen molar-refractivity contribution in [2.45, 2.75) is 13.2 Å². The van der Waals surface area contributed by atoms with E-state index in [1.54, 1.807) is 6.20 Å². The Morgan fingerprint density at radius 3 is 2.44 bits per heavy atom. The van der Waals surface area contributed by atoms with Crippen LogP contribution in [0, 0.1) is 0 Å². The minimum absolute atomic E-state index is 0.562. The molecule has 0 aliphatic rings. The molecule has 124 valence electrons. The number of imidazole rings is 1. The Labute approximate surface area is 155 Å². The second-order valence-electron chi connectivity index (χ2n) is 5.99. The SMILES string of the molecule is Brc1ccc2cc(COc3ccc(Cn4ccnc4)cc3)ccc2c1. The lowest BCUT2D eigenvalue weighted by molar-refractivity contribution is 0.306. The molecule has 25 heavy (non-hydrogen) atoms. The predicted octanol–water partition coefficient (Wildman–Crippen LogP) is 5.43. The van der Waals surface area contributed by atoms with Crippen molar-refractivity contribution >= 4 is 26.7 Å². The molecule has 4 heteroatoms. The van der Waals surface area contributed by atoms with Crippen LogP contribution in [0.2, 0.25) is 0 Å². The quantitative estimate of drug-likeness (QED) is 0.452. The lowest BCUT2D eigenvalue weighted by atomic mass is 10.1. The van der Waals surface area contributed by atoms with Gasteiger partial charge < -0.3 is 9.30 Å². The summed E-state index contributed by atoms with van der Waals surface area (Å²) in [4.78, 5) is 4.06. The van der Waals surface area contributed by atoms with Gasteiger partial charge in [0.25, 0.3) is 0 Å². The fourth-order valence-corrected chi connectivity index (χ4v) is 3.18. The van der Waals surface area contributed by atoms with E-state index in [0.29, 0.717) is 6.61 Å². The largest absolute Gasteiger partial charge is 0.489 e.